The van der Waals surface area contributed by atoms with Crippen LogP contribution in [-0.4, -0.2) is 70.9 Å². The zero-order valence-corrected chi connectivity index (χ0v) is 20.7. The van der Waals surface area contributed by atoms with E-state index in [0.717, 1.165) is 0 Å². The van der Waals surface area contributed by atoms with Crippen molar-refractivity contribution in [1.82, 2.24) is 14.8 Å². The van der Waals surface area contributed by atoms with Gasteiger partial charge in [-0.2, -0.15) is 0 Å². The molecule has 1 saturated heterocycles. The Balaban J connectivity index is 1.58. The van der Waals surface area contributed by atoms with Crippen molar-refractivity contribution in [2.45, 2.75) is 46.3 Å². The number of thiazole rings is 1. The maximum atomic E-state index is 13.2. The van der Waals surface area contributed by atoms with E-state index < -0.39 is 5.82 Å². The second kappa shape index (κ2) is 11.5. The van der Waals surface area contributed by atoms with E-state index in [4.69, 9.17) is 4.74 Å². The van der Waals surface area contributed by atoms with Crippen molar-refractivity contribution in [2.75, 3.05) is 31.5 Å². The summed E-state index contributed by atoms with van der Waals surface area (Å²) in [6.07, 6.45) is 0.128. The zero-order chi connectivity index (χ0) is 24.8. The van der Waals surface area contributed by atoms with Crippen LogP contribution in [0.1, 0.15) is 43.7 Å². The molecule has 184 valence electrons. The molecule has 8 nitrogen and oxygen atoms in total. The van der Waals surface area contributed by atoms with E-state index in [0.29, 0.717) is 36.0 Å². The molecule has 0 spiro atoms. The summed E-state index contributed by atoms with van der Waals surface area (Å²) in [5.74, 6) is -1.05. The Morgan fingerprint density at radius 1 is 1.21 bits per heavy atom. The summed E-state index contributed by atoms with van der Waals surface area (Å²) in [7, 11) is 0. The molecule has 2 aromatic rings. The molecule has 1 aromatic carbocycles. The summed E-state index contributed by atoms with van der Waals surface area (Å²) in [4.78, 5) is 45.8. The number of aromatic nitrogens is 1. The molecule has 2 atom stereocenters. The topological polar surface area (TPSA) is 91.8 Å². The molecular formula is C24H31FN4O4S. The van der Waals surface area contributed by atoms with E-state index in [9.17, 15) is 18.8 Å². The van der Waals surface area contributed by atoms with Crippen LogP contribution in [0.4, 0.5) is 9.52 Å². The predicted octanol–water partition coefficient (Wildman–Crippen LogP) is 3.20. The summed E-state index contributed by atoms with van der Waals surface area (Å²) < 4.78 is 18.9. The van der Waals surface area contributed by atoms with Gasteiger partial charge in [0.25, 0.3) is 5.91 Å². The average molecular weight is 491 g/mol. The average Bonchev–Trinajstić information content (AvgIpc) is 3.18. The number of carbonyl (C=O) groups is 3. The number of morpholine rings is 1. The molecule has 1 N–H and O–H groups in total. The van der Waals surface area contributed by atoms with Crippen LogP contribution in [0.2, 0.25) is 0 Å². The minimum atomic E-state index is -0.430. The summed E-state index contributed by atoms with van der Waals surface area (Å²) in [5.41, 5.74) is 0.898. The van der Waals surface area contributed by atoms with Crippen LogP contribution in [0, 0.1) is 11.7 Å². The van der Waals surface area contributed by atoms with Crippen LogP contribution in [0.15, 0.2) is 29.6 Å². The van der Waals surface area contributed by atoms with Crippen molar-refractivity contribution in [3.63, 3.8) is 0 Å². The smallest absolute Gasteiger partial charge is 0.254 e. The summed E-state index contributed by atoms with van der Waals surface area (Å²) in [5, 5.41) is 4.84. The van der Waals surface area contributed by atoms with Crippen LogP contribution in [0.25, 0.3) is 0 Å². The molecule has 0 radical (unpaired) electrons. The van der Waals surface area contributed by atoms with E-state index in [1.165, 1.54) is 40.5 Å². The highest BCUT2D eigenvalue weighted by Crippen LogP contribution is 2.18. The molecule has 2 unspecified atom stereocenters. The number of carbonyl (C=O) groups excluding carboxylic acids is 3. The molecule has 0 saturated carbocycles. The number of nitrogens with one attached hydrogen (secondary N) is 1. The minimum Gasteiger partial charge on any atom is -0.372 e. The van der Waals surface area contributed by atoms with Crippen molar-refractivity contribution < 1.29 is 23.5 Å². The first-order chi connectivity index (χ1) is 16.1. The fourth-order valence-electron chi connectivity index (χ4n) is 3.86. The highest BCUT2D eigenvalue weighted by Gasteiger charge is 2.26. The van der Waals surface area contributed by atoms with Gasteiger partial charge in [0, 0.05) is 30.6 Å². The van der Waals surface area contributed by atoms with Crippen LogP contribution >= 0.6 is 11.3 Å². The van der Waals surface area contributed by atoms with Crippen LogP contribution < -0.4 is 5.32 Å². The van der Waals surface area contributed by atoms with E-state index in [1.54, 1.807) is 10.3 Å². The van der Waals surface area contributed by atoms with E-state index in [-0.39, 0.29) is 48.8 Å². The lowest BCUT2D eigenvalue weighted by atomic mass is 10.1. The third-order valence-electron chi connectivity index (χ3n) is 5.20. The third-order valence-corrected chi connectivity index (χ3v) is 6.01. The van der Waals surface area contributed by atoms with Gasteiger partial charge in [0.2, 0.25) is 11.8 Å². The van der Waals surface area contributed by atoms with Crippen LogP contribution in [-0.2, 0) is 20.7 Å². The van der Waals surface area contributed by atoms with Crippen LogP contribution in [0.5, 0.6) is 0 Å². The molecular weight excluding hydrogens is 459 g/mol. The Hall–Kier alpha value is -2.85. The van der Waals surface area contributed by atoms with E-state index >= 15 is 0 Å². The number of amides is 3. The number of halogens is 1. The van der Waals surface area contributed by atoms with Crippen molar-refractivity contribution in [3.05, 3.63) is 46.7 Å². The van der Waals surface area contributed by atoms with E-state index in [2.05, 4.69) is 10.3 Å². The highest BCUT2D eigenvalue weighted by atomic mass is 32.1. The Kier molecular flexibility index (Phi) is 8.73. The Labute approximate surface area is 203 Å². The first kappa shape index (κ1) is 25.8. The largest absolute Gasteiger partial charge is 0.372 e. The number of nitrogens with zero attached hydrogens (tertiary/aromatic N) is 3. The van der Waals surface area contributed by atoms with Gasteiger partial charge in [-0.05, 0) is 44.0 Å². The van der Waals surface area contributed by atoms with Gasteiger partial charge in [-0.15, -0.1) is 11.3 Å². The Bertz CT molecular complexity index is 1000. The number of hydrogen-bond donors (Lipinski definition) is 1. The maximum Gasteiger partial charge on any atom is 0.254 e. The van der Waals surface area contributed by atoms with Gasteiger partial charge in [0.05, 0.1) is 24.3 Å². The third kappa shape index (κ3) is 7.33. The lowest BCUT2D eigenvalue weighted by Crippen LogP contribution is -2.48. The summed E-state index contributed by atoms with van der Waals surface area (Å²) in [6, 6.07) is 5.25. The number of anilines is 1. The van der Waals surface area contributed by atoms with Gasteiger partial charge >= 0.3 is 0 Å². The predicted molar refractivity (Wildman–Crippen MR) is 128 cm³/mol. The SMILES string of the molecule is CC(C)CN(CC(=O)Nc1nc(CC(=O)N2CC(C)OC(C)C2)cs1)C(=O)c1ccc(F)cc1. The lowest BCUT2D eigenvalue weighted by molar-refractivity contribution is -0.142. The zero-order valence-electron chi connectivity index (χ0n) is 19.9. The quantitative estimate of drug-likeness (QED) is 0.614. The Morgan fingerprint density at radius 2 is 1.85 bits per heavy atom. The first-order valence-electron chi connectivity index (χ1n) is 11.3. The first-order valence-corrected chi connectivity index (χ1v) is 12.2. The molecule has 3 rings (SSSR count). The van der Waals surface area contributed by atoms with Crippen molar-refractivity contribution >= 4 is 34.2 Å². The monoisotopic (exact) mass is 490 g/mol. The van der Waals surface area contributed by atoms with Crippen molar-refractivity contribution in [2.24, 2.45) is 5.92 Å². The summed E-state index contributed by atoms with van der Waals surface area (Å²) >= 11 is 1.23. The van der Waals surface area contributed by atoms with Crippen molar-refractivity contribution in [1.29, 1.82) is 0 Å². The molecule has 0 bridgehead atoms. The number of benzene rings is 1. The molecule has 1 aliphatic rings. The molecule has 2 heterocycles. The number of ether oxygens (including phenoxy) is 1. The Morgan fingerprint density at radius 3 is 2.47 bits per heavy atom. The maximum absolute atomic E-state index is 13.2. The van der Waals surface area contributed by atoms with E-state index in [1.807, 2.05) is 27.7 Å². The molecule has 1 aliphatic heterocycles. The van der Waals surface area contributed by atoms with Gasteiger partial charge in [0.1, 0.15) is 12.4 Å². The second-order valence-electron chi connectivity index (χ2n) is 9.01. The fraction of sp³-hybridized carbons (Fsp3) is 0.500. The second-order valence-corrected chi connectivity index (χ2v) is 9.87. The standard InChI is InChI=1S/C24H31FN4O4S/c1-15(2)10-29(23(32)18-5-7-19(25)8-6-18)13-21(30)27-24-26-20(14-34-24)9-22(31)28-11-16(3)33-17(4)12-28/h5-8,14-17H,9-13H2,1-4H3,(H,26,27,30). The molecule has 1 fully saturated rings. The van der Waals surface area contributed by atoms with Gasteiger partial charge in [-0.3, -0.25) is 14.4 Å². The minimum absolute atomic E-state index is 0.00983. The molecule has 3 amide bonds. The highest BCUT2D eigenvalue weighted by molar-refractivity contribution is 7.13. The molecule has 10 heteroatoms. The fourth-order valence-corrected chi connectivity index (χ4v) is 4.59. The van der Waals surface area contributed by atoms with Gasteiger partial charge in [0.15, 0.2) is 5.13 Å². The lowest BCUT2D eigenvalue weighted by Gasteiger charge is -2.35. The molecule has 1 aromatic heterocycles. The van der Waals surface area contributed by atoms with Crippen molar-refractivity contribution in [3.8, 4) is 0 Å². The molecule has 34 heavy (non-hydrogen) atoms. The van der Waals surface area contributed by atoms with Gasteiger partial charge in [-0.25, -0.2) is 9.37 Å². The van der Waals surface area contributed by atoms with Gasteiger partial charge < -0.3 is 19.9 Å². The number of hydrogen-bond acceptors (Lipinski definition) is 6. The molecule has 0 aliphatic carbocycles. The van der Waals surface area contributed by atoms with Crippen LogP contribution in [0.3, 0.4) is 0 Å². The normalized spacial score (nSPS) is 18.1. The summed E-state index contributed by atoms with van der Waals surface area (Å²) in [6.45, 7) is 9.08. The number of rotatable bonds is 8. The van der Waals surface area contributed by atoms with Gasteiger partial charge in [-0.1, -0.05) is 13.8 Å².